The van der Waals surface area contributed by atoms with Gasteiger partial charge in [0, 0.05) is 23.7 Å². The highest BCUT2D eigenvalue weighted by Crippen LogP contribution is 2.41. The Labute approximate surface area is 132 Å². The van der Waals surface area contributed by atoms with Gasteiger partial charge in [-0.25, -0.2) is 0 Å². The Bertz CT molecular complexity index is 637. The van der Waals surface area contributed by atoms with Crippen molar-refractivity contribution < 1.29 is 18.0 Å². The highest BCUT2D eigenvalue weighted by Gasteiger charge is 2.47. The molecule has 0 unspecified atom stereocenters. The maximum Gasteiger partial charge on any atom is 0.392 e. The fraction of sp³-hybridized carbons (Fsp3) is 0.625. The van der Waals surface area contributed by atoms with Crippen LogP contribution >= 0.6 is 0 Å². The highest BCUT2D eigenvalue weighted by molar-refractivity contribution is 5.79. The summed E-state index contributed by atoms with van der Waals surface area (Å²) in [5.74, 6) is -3.27. The molecule has 4 nitrogen and oxygen atoms in total. The number of rotatable bonds is 3. The van der Waals surface area contributed by atoms with Crippen LogP contribution in [0.3, 0.4) is 0 Å². The van der Waals surface area contributed by atoms with E-state index >= 15 is 0 Å². The summed E-state index contributed by atoms with van der Waals surface area (Å²) < 4.78 is 39.2. The number of carbonyl (C=O) groups excluding carboxylic acids is 1. The Balaban J connectivity index is 2.08. The fourth-order valence-corrected chi connectivity index (χ4v) is 3.24. The van der Waals surface area contributed by atoms with Crippen LogP contribution in [0.4, 0.5) is 13.2 Å². The third-order valence-corrected chi connectivity index (χ3v) is 4.46. The van der Waals surface area contributed by atoms with Gasteiger partial charge < -0.3 is 10.3 Å². The van der Waals surface area contributed by atoms with Crippen molar-refractivity contribution in [3.8, 4) is 0 Å². The van der Waals surface area contributed by atoms with Crippen molar-refractivity contribution in [3.63, 3.8) is 0 Å². The minimum absolute atomic E-state index is 0.00820. The van der Waals surface area contributed by atoms with Crippen molar-refractivity contribution in [3.05, 3.63) is 33.2 Å². The van der Waals surface area contributed by atoms with Crippen molar-refractivity contribution in [2.24, 2.45) is 11.8 Å². The number of pyridine rings is 1. The predicted molar refractivity (Wildman–Crippen MR) is 79.9 cm³/mol. The number of nitrogens with one attached hydrogen (secondary N) is 2. The zero-order valence-electron chi connectivity index (χ0n) is 13.2. The average Bonchev–Trinajstić information content (AvgIpc) is 2.45. The molecule has 0 radical (unpaired) electrons. The second-order valence-corrected chi connectivity index (χ2v) is 6.20. The molecule has 7 heteroatoms. The van der Waals surface area contributed by atoms with E-state index in [9.17, 15) is 22.8 Å². The molecule has 1 aromatic rings. The number of carbonyl (C=O) groups is 1. The van der Waals surface area contributed by atoms with Crippen LogP contribution in [0.1, 0.15) is 42.5 Å². The van der Waals surface area contributed by atoms with Gasteiger partial charge in [-0.3, -0.25) is 9.59 Å². The number of aromatic amines is 1. The van der Waals surface area contributed by atoms with E-state index in [1.807, 2.05) is 0 Å². The Morgan fingerprint density at radius 3 is 2.57 bits per heavy atom. The van der Waals surface area contributed by atoms with Crippen molar-refractivity contribution >= 4 is 5.91 Å². The molecular formula is C16H21F3N2O2. The molecule has 1 heterocycles. The lowest BCUT2D eigenvalue weighted by Crippen LogP contribution is -2.42. The average molecular weight is 330 g/mol. The number of aromatic nitrogens is 1. The van der Waals surface area contributed by atoms with Gasteiger partial charge >= 0.3 is 6.18 Å². The molecule has 0 saturated heterocycles. The Morgan fingerprint density at radius 2 is 1.96 bits per heavy atom. The van der Waals surface area contributed by atoms with Gasteiger partial charge in [-0.1, -0.05) is 12.8 Å². The molecule has 0 aromatic carbocycles. The van der Waals surface area contributed by atoms with Crippen LogP contribution in [-0.4, -0.2) is 17.1 Å². The first-order valence-corrected chi connectivity index (χ1v) is 7.74. The number of aryl methyl sites for hydroxylation is 2. The van der Waals surface area contributed by atoms with Crippen molar-refractivity contribution in [1.82, 2.24) is 10.3 Å². The van der Waals surface area contributed by atoms with Crippen LogP contribution in [-0.2, 0) is 11.3 Å². The van der Waals surface area contributed by atoms with Crippen LogP contribution in [0.15, 0.2) is 10.9 Å². The first kappa shape index (κ1) is 17.6. The molecule has 1 aliphatic carbocycles. The van der Waals surface area contributed by atoms with E-state index in [2.05, 4.69) is 10.3 Å². The summed E-state index contributed by atoms with van der Waals surface area (Å²) in [6.07, 6.45) is -3.02. The van der Waals surface area contributed by atoms with Crippen LogP contribution in [0.2, 0.25) is 0 Å². The Morgan fingerprint density at radius 1 is 1.30 bits per heavy atom. The summed E-state index contributed by atoms with van der Waals surface area (Å²) >= 11 is 0. The topological polar surface area (TPSA) is 62.0 Å². The largest absolute Gasteiger partial charge is 0.392 e. The van der Waals surface area contributed by atoms with Crippen LogP contribution in [0.25, 0.3) is 0 Å². The monoisotopic (exact) mass is 330 g/mol. The van der Waals surface area contributed by atoms with E-state index in [0.717, 1.165) is 0 Å². The normalized spacial score (nSPS) is 22.0. The molecule has 1 aromatic heterocycles. The molecule has 0 bridgehead atoms. The molecule has 1 amide bonds. The number of hydrogen-bond acceptors (Lipinski definition) is 2. The summed E-state index contributed by atoms with van der Waals surface area (Å²) in [6.45, 7) is 3.43. The molecule has 0 spiro atoms. The number of alkyl halides is 3. The van der Waals surface area contributed by atoms with E-state index in [-0.39, 0.29) is 24.9 Å². The minimum Gasteiger partial charge on any atom is -0.352 e. The zero-order valence-corrected chi connectivity index (χ0v) is 13.2. The summed E-state index contributed by atoms with van der Waals surface area (Å²) in [7, 11) is 0. The lowest BCUT2D eigenvalue weighted by atomic mass is 9.78. The molecule has 1 saturated carbocycles. The molecule has 128 valence electrons. The van der Waals surface area contributed by atoms with Crippen LogP contribution < -0.4 is 10.9 Å². The maximum atomic E-state index is 13.1. The van der Waals surface area contributed by atoms with Gasteiger partial charge in [-0.15, -0.1) is 0 Å². The number of halogens is 3. The third-order valence-electron chi connectivity index (χ3n) is 4.46. The second kappa shape index (κ2) is 6.76. The van der Waals surface area contributed by atoms with Gasteiger partial charge in [0.25, 0.3) is 5.56 Å². The second-order valence-electron chi connectivity index (χ2n) is 6.20. The molecule has 1 fully saturated rings. The fourth-order valence-electron chi connectivity index (χ4n) is 3.24. The Hall–Kier alpha value is -1.79. The van der Waals surface area contributed by atoms with Crippen LogP contribution in [0.5, 0.6) is 0 Å². The van der Waals surface area contributed by atoms with Crippen molar-refractivity contribution in [2.45, 2.75) is 52.3 Å². The predicted octanol–water partition coefficient (Wildman–Crippen LogP) is 2.98. The molecule has 1 aliphatic rings. The van der Waals surface area contributed by atoms with Crippen LogP contribution in [0, 0.1) is 25.7 Å². The first-order valence-electron chi connectivity index (χ1n) is 7.74. The summed E-state index contributed by atoms with van der Waals surface area (Å²) in [4.78, 5) is 26.7. The number of hydrogen-bond donors (Lipinski definition) is 2. The number of H-pyrrole nitrogens is 1. The highest BCUT2D eigenvalue weighted by atomic mass is 19.4. The van der Waals surface area contributed by atoms with E-state index in [0.29, 0.717) is 29.7 Å². The number of amides is 1. The quantitative estimate of drug-likeness (QED) is 0.895. The van der Waals surface area contributed by atoms with Gasteiger partial charge in [0.2, 0.25) is 5.91 Å². The summed E-state index contributed by atoms with van der Waals surface area (Å²) in [5, 5.41) is 2.51. The van der Waals surface area contributed by atoms with E-state index in [4.69, 9.17) is 0 Å². The van der Waals surface area contributed by atoms with Gasteiger partial charge in [0.05, 0.1) is 5.92 Å². The molecule has 2 atom stereocenters. The van der Waals surface area contributed by atoms with E-state index in [1.165, 1.54) is 0 Å². The maximum absolute atomic E-state index is 13.1. The lowest BCUT2D eigenvalue weighted by molar-refractivity contribution is -0.198. The molecule has 2 rings (SSSR count). The zero-order chi connectivity index (χ0) is 17.2. The van der Waals surface area contributed by atoms with Crippen molar-refractivity contribution in [1.29, 1.82) is 0 Å². The smallest absolute Gasteiger partial charge is 0.352 e. The van der Waals surface area contributed by atoms with Gasteiger partial charge in [0.1, 0.15) is 0 Å². The molecule has 23 heavy (non-hydrogen) atoms. The van der Waals surface area contributed by atoms with E-state index in [1.54, 1.807) is 19.9 Å². The van der Waals surface area contributed by atoms with Gasteiger partial charge in [0.15, 0.2) is 0 Å². The minimum atomic E-state index is -4.36. The SMILES string of the molecule is Cc1cc(C)c(CNC(=O)[C@H]2CCCC[C@@H]2C(F)(F)F)c(=O)[nH]1. The third kappa shape index (κ3) is 4.14. The summed E-state index contributed by atoms with van der Waals surface area (Å²) in [5.41, 5.74) is 1.47. The standard InChI is InChI=1S/C16H21F3N2O2/c1-9-7-10(2)21-15(23)12(9)8-20-14(22)11-5-3-4-6-13(11)16(17,18)19/h7,11,13H,3-6,8H2,1-2H3,(H,20,22)(H,21,23)/t11-,13-/m0/s1. The summed E-state index contributed by atoms with van der Waals surface area (Å²) in [6, 6.07) is 1.77. The van der Waals surface area contributed by atoms with E-state index < -0.39 is 23.9 Å². The lowest BCUT2D eigenvalue weighted by Gasteiger charge is -2.32. The van der Waals surface area contributed by atoms with Gasteiger partial charge in [-0.05, 0) is 38.3 Å². The van der Waals surface area contributed by atoms with Crippen molar-refractivity contribution in [2.75, 3.05) is 0 Å². The molecular weight excluding hydrogens is 309 g/mol. The molecule has 0 aliphatic heterocycles. The molecule has 2 N–H and O–H groups in total. The van der Waals surface area contributed by atoms with Gasteiger partial charge in [-0.2, -0.15) is 13.2 Å². The first-order chi connectivity index (χ1) is 10.7. The Kier molecular flexibility index (Phi) is 5.16.